The second-order valence-electron chi connectivity index (χ2n) is 27.2. The third-order valence-corrected chi connectivity index (χ3v) is 17.0. The molecule has 0 spiro atoms. The Bertz CT molecular complexity index is 1900. The van der Waals surface area contributed by atoms with Crippen LogP contribution in [0.15, 0.2) is 109 Å². The minimum absolute atomic E-state index is 0.147. The van der Waals surface area contributed by atoms with Crippen molar-refractivity contribution in [3.63, 3.8) is 0 Å². The van der Waals surface area contributed by atoms with Gasteiger partial charge in [-0.05, 0) is 96.3 Å². The van der Waals surface area contributed by atoms with Crippen LogP contribution in [-0.2, 0) is 33.3 Å². The molecule has 0 fully saturated rings. The highest BCUT2D eigenvalue weighted by Gasteiger charge is 2.22. The molecule has 0 aromatic rings. The predicted molar refractivity (Wildman–Crippen MR) is 398 cm³/mol. The van der Waals surface area contributed by atoms with Gasteiger partial charge in [-0.1, -0.05) is 348 Å². The minimum atomic E-state index is -1.62. The molecule has 0 N–H and O–H groups in total. The number of likely N-dealkylation sites (N-methyl/N-ethyl adjacent to an activating group) is 1. The number of nitrogens with zero attached hydrogens (tertiary/aromatic N) is 1. The summed E-state index contributed by atoms with van der Waals surface area (Å²) in [7, 11) is 5.94. The molecule has 0 saturated carbocycles. The molecular formula is C84H147NO8. The maximum absolute atomic E-state index is 13.0. The van der Waals surface area contributed by atoms with E-state index in [9.17, 15) is 19.5 Å². The Balaban J connectivity index is 3.98. The van der Waals surface area contributed by atoms with Crippen molar-refractivity contribution in [1.82, 2.24) is 0 Å². The number of carboxylic acid groups (broad SMARTS) is 1. The van der Waals surface area contributed by atoms with Crippen molar-refractivity contribution >= 4 is 17.9 Å². The van der Waals surface area contributed by atoms with Crippen LogP contribution in [0.5, 0.6) is 0 Å². The molecule has 0 aliphatic carbocycles. The molecule has 0 aromatic carbocycles. The van der Waals surface area contributed by atoms with Crippen molar-refractivity contribution in [2.45, 2.75) is 360 Å². The van der Waals surface area contributed by atoms with Crippen molar-refractivity contribution in [3.05, 3.63) is 109 Å². The van der Waals surface area contributed by atoms with E-state index in [1.807, 2.05) is 21.1 Å². The number of carboxylic acids is 1. The van der Waals surface area contributed by atoms with Crippen LogP contribution in [0.1, 0.15) is 348 Å². The molecule has 0 heterocycles. The second-order valence-corrected chi connectivity index (χ2v) is 27.2. The molecule has 2 unspecified atom stereocenters. The van der Waals surface area contributed by atoms with Gasteiger partial charge in [0.2, 0.25) is 0 Å². The molecular weight excluding hydrogens is 1150 g/mol. The van der Waals surface area contributed by atoms with E-state index in [2.05, 4.69) is 123 Å². The van der Waals surface area contributed by atoms with E-state index >= 15 is 0 Å². The van der Waals surface area contributed by atoms with Crippen molar-refractivity contribution in [2.75, 3.05) is 47.5 Å². The van der Waals surface area contributed by atoms with Crippen LogP contribution in [0.25, 0.3) is 0 Å². The first-order valence-corrected chi connectivity index (χ1v) is 39.0. The summed E-state index contributed by atoms with van der Waals surface area (Å²) in [6.07, 6.45) is 101. The third kappa shape index (κ3) is 75.2. The zero-order valence-corrected chi connectivity index (χ0v) is 61.4. The topological polar surface area (TPSA) is 111 Å². The summed E-state index contributed by atoms with van der Waals surface area (Å²) in [5, 5.41) is 11.9. The summed E-state index contributed by atoms with van der Waals surface area (Å²) in [5.74, 6) is -2.27. The monoisotopic (exact) mass is 1300 g/mol. The highest BCUT2D eigenvalue weighted by atomic mass is 16.7. The smallest absolute Gasteiger partial charge is 0.306 e. The van der Waals surface area contributed by atoms with Crippen LogP contribution in [0.3, 0.4) is 0 Å². The van der Waals surface area contributed by atoms with Crippen LogP contribution in [-0.4, -0.2) is 82.3 Å². The predicted octanol–water partition coefficient (Wildman–Crippen LogP) is 23.6. The van der Waals surface area contributed by atoms with E-state index in [1.165, 1.54) is 225 Å². The summed E-state index contributed by atoms with van der Waals surface area (Å²) in [4.78, 5) is 37.6. The first-order valence-electron chi connectivity index (χ1n) is 39.0. The number of carbonyl (C=O) groups excluding carboxylic acids is 3. The van der Waals surface area contributed by atoms with E-state index in [-0.39, 0.29) is 32.2 Å². The standard InChI is InChI=1S/C84H147NO8/c1-6-8-10-12-14-16-18-20-22-24-26-28-30-32-34-35-36-37-38-39-40-41-42-43-44-45-46-47-49-51-53-55-57-59-61-63-65-67-69-71-73-75-82(87)93-80(79-92-84(83(88)89)90-77-76-85(3,4)5)78-91-81(86)74-72-70-68-66-64-62-60-58-56-54-52-50-48-33-31-29-27-25-23-21-19-17-15-13-11-9-7-2/h8-11,14-17,20-23,26-29,32,34,80,84H,6-7,12-13,18-19,24-25,30-31,33,35-79H2,1-5H3/b10-8-,11-9-,16-14-,17-15-,22-20-,23-21-,28-26-,29-27-,34-32-. The van der Waals surface area contributed by atoms with Crippen LogP contribution in [0, 0.1) is 0 Å². The van der Waals surface area contributed by atoms with Crippen LogP contribution < -0.4 is 5.11 Å². The van der Waals surface area contributed by atoms with E-state index < -0.39 is 24.3 Å². The molecule has 93 heavy (non-hydrogen) atoms. The normalized spacial score (nSPS) is 13.3. The zero-order valence-electron chi connectivity index (χ0n) is 61.4. The first kappa shape index (κ1) is 89.0. The Labute approximate surface area is 575 Å². The summed E-state index contributed by atoms with van der Waals surface area (Å²) in [5.41, 5.74) is 0. The van der Waals surface area contributed by atoms with E-state index in [0.717, 1.165) is 89.9 Å². The number of carbonyl (C=O) groups is 3. The summed E-state index contributed by atoms with van der Waals surface area (Å²) < 4.78 is 22.9. The number of unbranched alkanes of at least 4 members (excludes halogenated alkanes) is 39. The van der Waals surface area contributed by atoms with E-state index in [1.54, 1.807) is 0 Å². The maximum Gasteiger partial charge on any atom is 0.306 e. The minimum Gasteiger partial charge on any atom is -0.545 e. The quantitative estimate of drug-likeness (QED) is 0.0195. The average Bonchev–Trinajstić information content (AvgIpc) is 3.38. The molecule has 536 valence electrons. The molecule has 0 aliphatic rings. The van der Waals surface area contributed by atoms with Gasteiger partial charge in [0.05, 0.1) is 40.3 Å². The summed E-state index contributed by atoms with van der Waals surface area (Å²) in [6, 6.07) is 0. The first-order chi connectivity index (χ1) is 45.6. The third-order valence-electron chi connectivity index (χ3n) is 17.0. The van der Waals surface area contributed by atoms with Crippen LogP contribution >= 0.6 is 0 Å². The Morgan fingerprint density at radius 3 is 0.860 bits per heavy atom. The van der Waals surface area contributed by atoms with Crippen molar-refractivity contribution in [3.8, 4) is 0 Å². The van der Waals surface area contributed by atoms with Crippen molar-refractivity contribution in [1.29, 1.82) is 0 Å². The number of quaternary nitrogens is 1. The summed E-state index contributed by atoms with van der Waals surface area (Å²) in [6.45, 7) is 4.56. The Hall–Kier alpha value is -4.05. The van der Waals surface area contributed by atoms with Gasteiger partial charge in [-0.15, -0.1) is 0 Å². The molecule has 0 aromatic heterocycles. The van der Waals surface area contributed by atoms with Gasteiger partial charge in [-0.25, -0.2) is 0 Å². The average molecular weight is 1300 g/mol. The van der Waals surface area contributed by atoms with Gasteiger partial charge in [0.25, 0.3) is 0 Å². The number of rotatable bonds is 72. The van der Waals surface area contributed by atoms with Crippen molar-refractivity contribution < 1.29 is 42.9 Å². The van der Waals surface area contributed by atoms with Gasteiger partial charge >= 0.3 is 11.9 Å². The second kappa shape index (κ2) is 73.8. The molecule has 0 saturated heterocycles. The van der Waals surface area contributed by atoms with Gasteiger partial charge < -0.3 is 33.3 Å². The lowest BCUT2D eigenvalue weighted by atomic mass is 10.0. The lowest BCUT2D eigenvalue weighted by Gasteiger charge is -2.26. The SMILES string of the molecule is CC/C=C\C/C=C\C/C=C\C/C=C\C/C=C\CCCCCCCCCCCCCCCCCCCCCCCCCCCC(=O)OC(COC(=O)CCCCCCCCCCCCCCCC/C=C\C/C=C\C/C=C\C/C=C\CC)COC(OCC[N+](C)(C)C)C(=O)[O-]. The van der Waals surface area contributed by atoms with Gasteiger partial charge in [-0.3, -0.25) is 9.59 Å². The lowest BCUT2D eigenvalue weighted by molar-refractivity contribution is -0.870. The number of ether oxygens (including phenoxy) is 4. The maximum atomic E-state index is 13.0. The Kier molecular flexibility index (Phi) is 70.5. The fourth-order valence-electron chi connectivity index (χ4n) is 11.1. The zero-order chi connectivity index (χ0) is 67.5. The van der Waals surface area contributed by atoms with Gasteiger partial charge in [0.15, 0.2) is 12.4 Å². The lowest BCUT2D eigenvalue weighted by Crippen LogP contribution is -2.44. The highest BCUT2D eigenvalue weighted by molar-refractivity contribution is 5.70. The largest absolute Gasteiger partial charge is 0.545 e. The number of allylic oxidation sites excluding steroid dienone is 18. The number of hydrogen-bond donors (Lipinski definition) is 0. The molecule has 0 bridgehead atoms. The Morgan fingerprint density at radius 1 is 0.323 bits per heavy atom. The van der Waals surface area contributed by atoms with E-state index in [4.69, 9.17) is 18.9 Å². The highest BCUT2D eigenvalue weighted by Crippen LogP contribution is 2.19. The van der Waals surface area contributed by atoms with Crippen molar-refractivity contribution in [2.24, 2.45) is 0 Å². The fourth-order valence-corrected chi connectivity index (χ4v) is 11.1. The number of aliphatic carboxylic acids is 1. The van der Waals surface area contributed by atoms with E-state index in [0.29, 0.717) is 23.9 Å². The molecule has 0 radical (unpaired) electrons. The molecule has 0 aliphatic heterocycles. The van der Waals surface area contributed by atoms with Gasteiger partial charge in [-0.2, -0.15) is 0 Å². The number of esters is 2. The summed E-state index contributed by atoms with van der Waals surface area (Å²) >= 11 is 0. The molecule has 9 heteroatoms. The molecule has 0 amide bonds. The molecule has 0 rings (SSSR count). The van der Waals surface area contributed by atoms with Crippen LogP contribution in [0.2, 0.25) is 0 Å². The molecule has 2 atom stereocenters. The fraction of sp³-hybridized carbons (Fsp3) is 0.750. The van der Waals surface area contributed by atoms with Crippen LogP contribution in [0.4, 0.5) is 0 Å². The Morgan fingerprint density at radius 2 is 0.581 bits per heavy atom. The van der Waals surface area contributed by atoms with Gasteiger partial charge in [0, 0.05) is 12.8 Å². The van der Waals surface area contributed by atoms with Gasteiger partial charge in [0.1, 0.15) is 13.2 Å². The molecule has 9 nitrogen and oxygen atoms in total. The number of hydrogen-bond acceptors (Lipinski definition) is 8.